The molecule has 1 aromatic heterocycles. The first kappa shape index (κ1) is 23.2. The standard InChI is InChI=1S/C23H34N4O3S/c1-6-24-23(26-17-13-18(28-3)22(30-5)19(14-17)29-4)25-15-16-9-7-11-27(2)21(16)20-10-8-12-31-20/h8,10,12-14,16,21H,6-7,9,11,15H2,1-5H3,(H2,24,25,26). The second kappa shape index (κ2) is 11.2. The fourth-order valence-corrected chi connectivity index (χ4v) is 5.15. The van der Waals surface area contributed by atoms with E-state index in [9.17, 15) is 0 Å². The maximum atomic E-state index is 5.47. The molecule has 2 unspecified atom stereocenters. The van der Waals surface area contributed by atoms with E-state index in [0.29, 0.717) is 29.2 Å². The molecule has 1 saturated heterocycles. The van der Waals surface area contributed by atoms with Crippen molar-refractivity contribution in [1.82, 2.24) is 10.2 Å². The molecule has 1 aromatic carbocycles. The molecule has 31 heavy (non-hydrogen) atoms. The monoisotopic (exact) mass is 446 g/mol. The Morgan fingerprint density at radius 2 is 1.94 bits per heavy atom. The maximum absolute atomic E-state index is 5.47. The van der Waals surface area contributed by atoms with Gasteiger partial charge in [-0.2, -0.15) is 0 Å². The topological polar surface area (TPSA) is 67.4 Å². The highest BCUT2D eigenvalue weighted by molar-refractivity contribution is 7.10. The third kappa shape index (κ3) is 5.62. The van der Waals surface area contributed by atoms with Crippen LogP contribution in [0.25, 0.3) is 0 Å². The van der Waals surface area contributed by atoms with E-state index < -0.39 is 0 Å². The van der Waals surface area contributed by atoms with Crippen LogP contribution >= 0.6 is 11.3 Å². The Morgan fingerprint density at radius 3 is 2.52 bits per heavy atom. The van der Waals surface area contributed by atoms with Gasteiger partial charge in [0.2, 0.25) is 5.75 Å². The normalized spacial score (nSPS) is 19.7. The minimum Gasteiger partial charge on any atom is -0.493 e. The summed E-state index contributed by atoms with van der Waals surface area (Å²) in [6.07, 6.45) is 2.38. The maximum Gasteiger partial charge on any atom is 0.203 e. The number of nitrogens with zero attached hydrogens (tertiary/aromatic N) is 2. The Hall–Kier alpha value is -2.45. The van der Waals surface area contributed by atoms with E-state index in [-0.39, 0.29) is 0 Å². The molecular weight excluding hydrogens is 412 g/mol. The quantitative estimate of drug-likeness (QED) is 0.467. The molecule has 2 atom stereocenters. The van der Waals surface area contributed by atoms with Crippen LogP contribution in [0.4, 0.5) is 5.69 Å². The van der Waals surface area contributed by atoms with Crippen molar-refractivity contribution >= 4 is 23.0 Å². The van der Waals surface area contributed by atoms with Gasteiger partial charge in [-0.05, 0) is 50.7 Å². The van der Waals surface area contributed by atoms with Crippen LogP contribution in [0, 0.1) is 5.92 Å². The molecular formula is C23H34N4O3S. The lowest BCUT2D eigenvalue weighted by Gasteiger charge is -2.38. The largest absolute Gasteiger partial charge is 0.493 e. The van der Waals surface area contributed by atoms with Gasteiger partial charge in [0.15, 0.2) is 17.5 Å². The highest BCUT2D eigenvalue weighted by atomic mass is 32.1. The molecule has 1 aliphatic heterocycles. The smallest absolute Gasteiger partial charge is 0.203 e. The summed E-state index contributed by atoms with van der Waals surface area (Å²) in [7, 11) is 7.05. The molecule has 2 N–H and O–H groups in total. The van der Waals surface area contributed by atoms with Gasteiger partial charge in [-0.25, -0.2) is 0 Å². The average Bonchev–Trinajstić information content (AvgIpc) is 3.31. The van der Waals surface area contributed by atoms with Crippen molar-refractivity contribution in [2.45, 2.75) is 25.8 Å². The van der Waals surface area contributed by atoms with Gasteiger partial charge in [-0.15, -0.1) is 11.3 Å². The summed E-state index contributed by atoms with van der Waals surface area (Å²) >= 11 is 1.83. The molecule has 0 radical (unpaired) electrons. The van der Waals surface area contributed by atoms with Crippen LogP contribution in [-0.2, 0) is 0 Å². The van der Waals surface area contributed by atoms with E-state index in [2.05, 4.69) is 47.0 Å². The number of anilines is 1. The van der Waals surface area contributed by atoms with E-state index in [1.165, 1.54) is 17.7 Å². The predicted octanol–water partition coefficient (Wildman–Crippen LogP) is 4.23. The third-order valence-electron chi connectivity index (χ3n) is 5.60. The van der Waals surface area contributed by atoms with E-state index in [4.69, 9.17) is 19.2 Å². The van der Waals surface area contributed by atoms with Crippen LogP contribution < -0.4 is 24.8 Å². The number of piperidine rings is 1. The molecule has 3 rings (SSSR count). The number of nitrogens with one attached hydrogen (secondary N) is 2. The van der Waals surface area contributed by atoms with E-state index in [1.807, 2.05) is 23.5 Å². The van der Waals surface area contributed by atoms with Crippen LogP contribution in [0.5, 0.6) is 17.2 Å². The summed E-state index contributed by atoms with van der Waals surface area (Å²) in [5.74, 6) is 3.00. The molecule has 0 aliphatic carbocycles. The first-order valence-corrected chi connectivity index (χ1v) is 11.6. The van der Waals surface area contributed by atoms with Crippen LogP contribution in [0.15, 0.2) is 34.6 Å². The molecule has 2 aromatic rings. The summed E-state index contributed by atoms with van der Waals surface area (Å²) in [6, 6.07) is 8.57. The SMILES string of the molecule is CCNC(=NCC1CCCN(C)C1c1cccs1)Nc1cc(OC)c(OC)c(OC)c1. The van der Waals surface area contributed by atoms with Crippen molar-refractivity contribution in [3.05, 3.63) is 34.5 Å². The Labute approximate surface area is 189 Å². The number of hydrogen-bond acceptors (Lipinski definition) is 6. The molecule has 0 amide bonds. The van der Waals surface area contributed by atoms with Crippen molar-refractivity contribution in [3.8, 4) is 17.2 Å². The van der Waals surface area contributed by atoms with Crippen molar-refractivity contribution in [2.24, 2.45) is 10.9 Å². The van der Waals surface area contributed by atoms with Crippen molar-refractivity contribution in [2.75, 3.05) is 53.3 Å². The number of methoxy groups -OCH3 is 3. The number of ether oxygens (including phenoxy) is 3. The fraction of sp³-hybridized carbons (Fsp3) is 0.522. The van der Waals surface area contributed by atoms with Gasteiger partial charge in [0, 0.05) is 41.8 Å². The summed E-state index contributed by atoms with van der Waals surface area (Å²) in [5.41, 5.74) is 0.824. The van der Waals surface area contributed by atoms with Crippen molar-refractivity contribution in [3.63, 3.8) is 0 Å². The summed E-state index contributed by atoms with van der Waals surface area (Å²) < 4.78 is 16.4. The first-order valence-electron chi connectivity index (χ1n) is 10.7. The molecule has 7 nitrogen and oxygen atoms in total. The van der Waals surface area contributed by atoms with Crippen LogP contribution in [0.3, 0.4) is 0 Å². The average molecular weight is 447 g/mol. The minimum atomic E-state index is 0.418. The summed E-state index contributed by atoms with van der Waals surface area (Å²) in [4.78, 5) is 8.83. The van der Waals surface area contributed by atoms with Crippen LogP contribution in [0.1, 0.15) is 30.7 Å². The third-order valence-corrected chi connectivity index (χ3v) is 6.54. The highest BCUT2D eigenvalue weighted by Crippen LogP contribution is 2.40. The van der Waals surface area contributed by atoms with Gasteiger partial charge in [-0.1, -0.05) is 6.07 Å². The van der Waals surface area contributed by atoms with Crippen molar-refractivity contribution < 1.29 is 14.2 Å². The van der Waals surface area contributed by atoms with Crippen molar-refractivity contribution in [1.29, 1.82) is 0 Å². The summed E-state index contributed by atoms with van der Waals surface area (Å²) in [6.45, 7) is 4.73. The lowest BCUT2D eigenvalue weighted by molar-refractivity contribution is 0.128. The number of thiophene rings is 1. The Bertz CT molecular complexity index is 832. The molecule has 0 bridgehead atoms. The van der Waals surface area contributed by atoms with Gasteiger partial charge in [0.05, 0.1) is 21.3 Å². The predicted molar refractivity (Wildman–Crippen MR) is 128 cm³/mol. The van der Waals surface area contributed by atoms with Crippen LogP contribution in [0.2, 0.25) is 0 Å². The van der Waals surface area contributed by atoms with Crippen LogP contribution in [-0.4, -0.2) is 58.9 Å². The Morgan fingerprint density at radius 1 is 1.19 bits per heavy atom. The number of hydrogen-bond donors (Lipinski definition) is 2. The molecule has 0 spiro atoms. The fourth-order valence-electron chi connectivity index (χ4n) is 4.17. The van der Waals surface area contributed by atoms with E-state index in [0.717, 1.165) is 31.3 Å². The summed E-state index contributed by atoms with van der Waals surface area (Å²) in [5, 5.41) is 8.90. The molecule has 1 fully saturated rings. The lowest BCUT2D eigenvalue weighted by Crippen LogP contribution is -2.38. The Kier molecular flexibility index (Phi) is 8.43. The zero-order valence-electron chi connectivity index (χ0n) is 19.1. The number of guanidine groups is 1. The minimum absolute atomic E-state index is 0.418. The van der Waals surface area contributed by atoms with Gasteiger partial charge in [-0.3, -0.25) is 9.89 Å². The molecule has 8 heteroatoms. The van der Waals surface area contributed by atoms with Gasteiger partial charge < -0.3 is 24.8 Å². The number of aliphatic imine (C=N–C) groups is 1. The molecule has 1 aliphatic rings. The van der Waals surface area contributed by atoms with Gasteiger partial charge in [0.1, 0.15) is 0 Å². The highest BCUT2D eigenvalue weighted by Gasteiger charge is 2.31. The second-order valence-electron chi connectivity index (χ2n) is 7.60. The van der Waals surface area contributed by atoms with Gasteiger partial charge in [0.25, 0.3) is 0 Å². The number of likely N-dealkylation sites (tertiary alicyclic amines) is 1. The van der Waals surface area contributed by atoms with E-state index >= 15 is 0 Å². The number of benzene rings is 1. The molecule has 0 saturated carbocycles. The molecule has 2 heterocycles. The Balaban J connectivity index is 1.80. The second-order valence-corrected chi connectivity index (χ2v) is 8.58. The van der Waals surface area contributed by atoms with E-state index in [1.54, 1.807) is 21.3 Å². The lowest BCUT2D eigenvalue weighted by atomic mass is 9.88. The first-order chi connectivity index (χ1) is 15.1. The molecule has 170 valence electrons. The zero-order valence-corrected chi connectivity index (χ0v) is 19.9. The number of rotatable bonds is 8. The zero-order chi connectivity index (χ0) is 22.2. The van der Waals surface area contributed by atoms with Gasteiger partial charge >= 0.3 is 0 Å².